The summed E-state index contributed by atoms with van der Waals surface area (Å²) in [5.74, 6) is 0. The largest absolute Gasteiger partial charge is 0.380 e. The molecule has 2 nitrogen and oxygen atoms in total. The monoisotopic (exact) mass is 281 g/mol. The molecule has 118 valence electrons. The van der Waals surface area contributed by atoms with Gasteiger partial charge in [0, 0.05) is 19.2 Å². The fourth-order valence-electron chi connectivity index (χ4n) is 4.03. The molecule has 2 atom stereocenters. The average Bonchev–Trinajstić information content (AvgIpc) is 2.89. The van der Waals surface area contributed by atoms with E-state index in [1.54, 1.807) is 0 Å². The zero-order valence-electron chi connectivity index (χ0n) is 13.5. The van der Waals surface area contributed by atoms with Crippen LogP contribution in [0.3, 0.4) is 0 Å². The summed E-state index contributed by atoms with van der Waals surface area (Å²) in [6.45, 7) is 0. The van der Waals surface area contributed by atoms with Gasteiger partial charge in [0.2, 0.25) is 0 Å². The van der Waals surface area contributed by atoms with E-state index in [2.05, 4.69) is 5.32 Å². The van der Waals surface area contributed by atoms with Crippen molar-refractivity contribution in [1.82, 2.24) is 5.32 Å². The first-order valence-corrected chi connectivity index (χ1v) is 9.19. The van der Waals surface area contributed by atoms with Crippen LogP contribution < -0.4 is 5.32 Å². The quantitative estimate of drug-likeness (QED) is 0.801. The molecule has 0 bridgehead atoms. The van der Waals surface area contributed by atoms with E-state index in [1.807, 2.05) is 7.11 Å². The second kappa shape index (κ2) is 9.78. The molecule has 0 aromatic heterocycles. The zero-order chi connectivity index (χ0) is 14.0. The van der Waals surface area contributed by atoms with Crippen molar-refractivity contribution in [3.8, 4) is 0 Å². The van der Waals surface area contributed by atoms with E-state index < -0.39 is 0 Å². The molecule has 0 saturated heterocycles. The second-order valence-electron chi connectivity index (χ2n) is 6.93. The summed E-state index contributed by atoms with van der Waals surface area (Å²) >= 11 is 0. The first-order chi connectivity index (χ1) is 9.90. The number of hydrogen-bond acceptors (Lipinski definition) is 2. The lowest BCUT2D eigenvalue weighted by atomic mass is 9.97. The minimum absolute atomic E-state index is 0.469. The highest BCUT2D eigenvalue weighted by molar-refractivity contribution is 4.86. The van der Waals surface area contributed by atoms with Crippen LogP contribution in [0.15, 0.2) is 0 Å². The van der Waals surface area contributed by atoms with E-state index in [4.69, 9.17) is 4.74 Å². The molecule has 1 N–H and O–H groups in total. The third-order valence-electron chi connectivity index (χ3n) is 5.31. The van der Waals surface area contributed by atoms with Crippen molar-refractivity contribution < 1.29 is 4.74 Å². The predicted molar refractivity (Wildman–Crippen MR) is 86.1 cm³/mol. The van der Waals surface area contributed by atoms with Crippen molar-refractivity contribution in [3.63, 3.8) is 0 Å². The molecule has 0 radical (unpaired) electrons. The minimum Gasteiger partial charge on any atom is -0.380 e. The Hall–Kier alpha value is -0.0800. The molecule has 2 saturated carbocycles. The van der Waals surface area contributed by atoms with Gasteiger partial charge in [0.15, 0.2) is 0 Å². The van der Waals surface area contributed by atoms with Crippen molar-refractivity contribution >= 4 is 0 Å². The van der Waals surface area contributed by atoms with Gasteiger partial charge < -0.3 is 10.1 Å². The molecule has 0 aliphatic heterocycles. The summed E-state index contributed by atoms with van der Waals surface area (Å²) in [5, 5.41) is 3.95. The summed E-state index contributed by atoms with van der Waals surface area (Å²) in [6, 6.07) is 1.37. The molecule has 2 unspecified atom stereocenters. The van der Waals surface area contributed by atoms with Crippen molar-refractivity contribution in [2.45, 2.75) is 108 Å². The third-order valence-corrected chi connectivity index (χ3v) is 5.31. The molecule has 0 heterocycles. The van der Waals surface area contributed by atoms with Crippen molar-refractivity contribution in [1.29, 1.82) is 0 Å². The second-order valence-corrected chi connectivity index (χ2v) is 6.93. The molecule has 0 amide bonds. The maximum Gasteiger partial charge on any atom is 0.0724 e. The topological polar surface area (TPSA) is 21.3 Å². The SMILES string of the molecule is COC1CCCC1NC1CCCCCCCCCCC1. The molecular formula is C18H35NO. The van der Waals surface area contributed by atoms with E-state index in [1.165, 1.54) is 89.9 Å². The van der Waals surface area contributed by atoms with E-state index in [0.29, 0.717) is 12.1 Å². The molecule has 20 heavy (non-hydrogen) atoms. The number of ether oxygens (including phenoxy) is 1. The predicted octanol–water partition coefficient (Wildman–Crippen LogP) is 4.82. The Morgan fingerprint density at radius 3 is 1.75 bits per heavy atom. The van der Waals surface area contributed by atoms with E-state index in [-0.39, 0.29) is 0 Å². The van der Waals surface area contributed by atoms with Gasteiger partial charge in [-0.1, -0.05) is 57.8 Å². The van der Waals surface area contributed by atoms with Crippen LogP contribution in [-0.4, -0.2) is 25.3 Å². The highest BCUT2D eigenvalue weighted by Gasteiger charge is 2.28. The number of hydrogen-bond donors (Lipinski definition) is 1. The highest BCUT2D eigenvalue weighted by Crippen LogP contribution is 2.24. The fourth-order valence-corrected chi connectivity index (χ4v) is 4.03. The van der Waals surface area contributed by atoms with Gasteiger partial charge in [-0.2, -0.15) is 0 Å². The lowest BCUT2D eigenvalue weighted by Gasteiger charge is -2.27. The zero-order valence-corrected chi connectivity index (χ0v) is 13.5. The maximum atomic E-state index is 5.64. The molecular weight excluding hydrogens is 246 g/mol. The van der Waals surface area contributed by atoms with Crippen LogP contribution in [0.25, 0.3) is 0 Å². The van der Waals surface area contributed by atoms with E-state index in [0.717, 1.165) is 6.04 Å². The summed E-state index contributed by atoms with van der Waals surface area (Å²) in [5.41, 5.74) is 0. The van der Waals surface area contributed by atoms with Gasteiger partial charge in [0.05, 0.1) is 6.10 Å². The van der Waals surface area contributed by atoms with Gasteiger partial charge >= 0.3 is 0 Å². The van der Waals surface area contributed by atoms with Crippen LogP contribution in [0.4, 0.5) is 0 Å². The number of rotatable bonds is 3. The lowest BCUT2D eigenvalue weighted by Crippen LogP contribution is -2.43. The first-order valence-electron chi connectivity index (χ1n) is 9.19. The Bertz CT molecular complexity index is 232. The first kappa shape index (κ1) is 16.3. The van der Waals surface area contributed by atoms with Gasteiger partial charge in [-0.3, -0.25) is 0 Å². The van der Waals surface area contributed by atoms with Crippen molar-refractivity contribution in [2.75, 3.05) is 7.11 Å². The Labute approximate surface area is 126 Å². The maximum absolute atomic E-state index is 5.64. The van der Waals surface area contributed by atoms with Crippen molar-refractivity contribution in [3.05, 3.63) is 0 Å². The van der Waals surface area contributed by atoms with Gasteiger partial charge in [0.25, 0.3) is 0 Å². The van der Waals surface area contributed by atoms with Crippen LogP contribution in [-0.2, 0) is 4.74 Å². The molecule has 2 rings (SSSR count). The number of nitrogens with one attached hydrogen (secondary N) is 1. The van der Waals surface area contributed by atoms with E-state index in [9.17, 15) is 0 Å². The Kier molecular flexibility index (Phi) is 7.97. The summed E-state index contributed by atoms with van der Waals surface area (Å²) in [7, 11) is 1.88. The van der Waals surface area contributed by atoms with Gasteiger partial charge in [-0.15, -0.1) is 0 Å². The molecule has 2 heteroatoms. The molecule has 2 aliphatic carbocycles. The molecule has 0 aromatic rings. The third kappa shape index (κ3) is 5.73. The van der Waals surface area contributed by atoms with Gasteiger partial charge in [0.1, 0.15) is 0 Å². The molecule has 2 fully saturated rings. The minimum atomic E-state index is 0.469. The van der Waals surface area contributed by atoms with Crippen molar-refractivity contribution in [2.24, 2.45) is 0 Å². The van der Waals surface area contributed by atoms with Crippen LogP contribution >= 0.6 is 0 Å². The summed E-state index contributed by atoms with van der Waals surface area (Å²) in [6.07, 6.45) is 20.2. The molecule has 2 aliphatic rings. The Morgan fingerprint density at radius 2 is 1.20 bits per heavy atom. The molecule has 0 spiro atoms. The van der Waals surface area contributed by atoms with Crippen LogP contribution in [0.1, 0.15) is 89.9 Å². The fraction of sp³-hybridized carbons (Fsp3) is 1.00. The average molecular weight is 281 g/mol. The van der Waals surface area contributed by atoms with Crippen LogP contribution in [0, 0.1) is 0 Å². The standard InChI is InChI=1S/C18H35NO/c1-20-18-15-11-14-17(18)19-16-12-9-7-5-3-2-4-6-8-10-13-16/h16-19H,2-15H2,1H3. The summed E-state index contributed by atoms with van der Waals surface area (Å²) in [4.78, 5) is 0. The van der Waals surface area contributed by atoms with E-state index >= 15 is 0 Å². The van der Waals surface area contributed by atoms with Crippen LogP contribution in [0.5, 0.6) is 0 Å². The number of methoxy groups -OCH3 is 1. The normalized spacial score (nSPS) is 31.6. The van der Waals surface area contributed by atoms with Gasteiger partial charge in [-0.25, -0.2) is 0 Å². The lowest BCUT2D eigenvalue weighted by molar-refractivity contribution is 0.0800. The van der Waals surface area contributed by atoms with Crippen LogP contribution in [0.2, 0.25) is 0 Å². The smallest absolute Gasteiger partial charge is 0.0724 e. The van der Waals surface area contributed by atoms with Gasteiger partial charge in [-0.05, 0) is 32.1 Å². The Balaban J connectivity index is 1.76. The molecule has 0 aromatic carbocycles. The Morgan fingerprint density at radius 1 is 0.650 bits per heavy atom. The highest BCUT2D eigenvalue weighted by atomic mass is 16.5. The summed E-state index contributed by atoms with van der Waals surface area (Å²) < 4.78 is 5.64.